The molecule has 0 radical (unpaired) electrons. The van der Waals surface area contributed by atoms with Gasteiger partial charge < -0.3 is 9.88 Å². The van der Waals surface area contributed by atoms with Gasteiger partial charge >= 0.3 is 0 Å². The van der Waals surface area contributed by atoms with Gasteiger partial charge in [-0.2, -0.15) is 0 Å². The van der Waals surface area contributed by atoms with Crippen molar-refractivity contribution in [1.29, 1.82) is 0 Å². The summed E-state index contributed by atoms with van der Waals surface area (Å²) in [5.74, 6) is 0. The summed E-state index contributed by atoms with van der Waals surface area (Å²) >= 11 is 0. The maximum atomic E-state index is 11.0. The van der Waals surface area contributed by atoms with Crippen LogP contribution >= 0.6 is 0 Å². The molecule has 0 saturated carbocycles. The number of nitro benzene ring substituents is 1. The summed E-state index contributed by atoms with van der Waals surface area (Å²) in [6, 6.07) is 8.89. The lowest BCUT2D eigenvalue weighted by molar-refractivity contribution is -0.385. The van der Waals surface area contributed by atoms with Crippen LogP contribution in [0.4, 0.5) is 5.69 Å². The molecule has 5 nitrogen and oxygen atoms in total. The molecule has 0 atom stereocenters. The van der Waals surface area contributed by atoms with Crippen LogP contribution in [0.25, 0.3) is 0 Å². The summed E-state index contributed by atoms with van der Waals surface area (Å²) in [7, 11) is 0. The Balaban J connectivity index is 2.08. The van der Waals surface area contributed by atoms with Gasteiger partial charge in [0.2, 0.25) is 0 Å². The van der Waals surface area contributed by atoms with Crippen LogP contribution < -0.4 is 5.32 Å². The predicted octanol–water partition coefficient (Wildman–Crippen LogP) is 3.33. The first-order valence-corrected chi connectivity index (χ1v) is 6.97. The number of aromatic nitrogens is 1. The van der Waals surface area contributed by atoms with E-state index in [4.69, 9.17) is 0 Å². The minimum absolute atomic E-state index is 0.0698. The molecule has 0 bridgehead atoms. The van der Waals surface area contributed by atoms with Crippen LogP contribution in [0.15, 0.2) is 42.7 Å². The van der Waals surface area contributed by atoms with E-state index >= 15 is 0 Å². The average Bonchev–Trinajstić information content (AvgIpc) is 2.84. The number of nitrogens with one attached hydrogen (secondary N) is 1. The Morgan fingerprint density at radius 2 is 1.95 bits per heavy atom. The summed E-state index contributed by atoms with van der Waals surface area (Å²) in [5.41, 5.74) is 2.12. The Hall–Kier alpha value is -2.14. The molecule has 5 heteroatoms. The van der Waals surface area contributed by atoms with E-state index in [9.17, 15) is 10.1 Å². The van der Waals surface area contributed by atoms with Crippen LogP contribution in [0.3, 0.4) is 0 Å². The Labute approximate surface area is 124 Å². The van der Waals surface area contributed by atoms with E-state index in [1.807, 2.05) is 29.1 Å². The Kier molecular flexibility index (Phi) is 4.43. The van der Waals surface area contributed by atoms with Crippen molar-refractivity contribution in [2.45, 2.75) is 39.4 Å². The largest absolute Gasteiger partial charge is 0.349 e. The van der Waals surface area contributed by atoms with Crippen LogP contribution in [0, 0.1) is 10.1 Å². The van der Waals surface area contributed by atoms with Gasteiger partial charge in [0.15, 0.2) is 0 Å². The fourth-order valence-corrected chi connectivity index (χ4v) is 2.08. The lowest BCUT2D eigenvalue weighted by Gasteiger charge is -2.19. The fourth-order valence-electron chi connectivity index (χ4n) is 2.08. The lowest BCUT2D eigenvalue weighted by Crippen LogP contribution is -2.34. The van der Waals surface area contributed by atoms with E-state index in [2.05, 4.69) is 26.1 Å². The molecule has 0 spiro atoms. The van der Waals surface area contributed by atoms with Crippen molar-refractivity contribution in [3.05, 3.63) is 64.0 Å². The first kappa shape index (κ1) is 15.3. The summed E-state index contributed by atoms with van der Waals surface area (Å²) in [5, 5.41) is 14.4. The lowest BCUT2D eigenvalue weighted by atomic mass is 10.1. The van der Waals surface area contributed by atoms with Crippen molar-refractivity contribution >= 4 is 5.69 Å². The number of hydrogen-bond acceptors (Lipinski definition) is 3. The molecule has 1 heterocycles. The maximum Gasteiger partial charge on any atom is 0.274 e. The minimum Gasteiger partial charge on any atom is -0.349 e. The molecule has 0 saturated heterocycles. The molecular weight excluding hydrogens is 266 g/mol. The van der Waals surface area contributed by atoms with E-state index in [0.29, 0.717) is 12.1 Å². The molecule has 21 heavy (non-hydrogen) atoms. The molecule has 0 fully saturated rings. The number of rotatable bonds is 5. The maximum absolute atomic E-state index is 11.0. The van der Waals surface area contributed by atoms with Crippen LogP contribution in [0.1, 0.15) is 31.9 Å². The van der Waals surface area contributed by atoms with Gasteiger partial charge in [-0.15, -0.1) is 0 Å². The number of nitro groups is 1. The fraction of sp³-hybridized carbons (Fsp3) is 0.375. The first-order valence-electron chi connectivity index (χ1n) is 6.97. The number of hydrogen-bond donors (Lipinski definition) is 1. The highest BCUT2D eigenvalue weighted by Gasteiger charge is 2.13. The second-order valence-corrected chi connectivity index (χ2v) is 6.18. The van der Waals surface area contributed by atoms with Gasteiger partial charge in [0.25, 0.3) is 5.69 Å². The van der Waals surface area contributed by atoms with Crippen LogP contribution in [0.2, 0.25) is 0 Å². The monoisotopic (exact) mass is 287 g/mol. The molecule has 1 aromatic carbocycles. The topological polar surface area (TPSA) is 60.1 Å². The zero-order chi connectivity index (χ0) is 15.5. The zero-order valence-electron chi connectivity index (χ0n) is 12.7. The second-order valence-electron chi connectivity index (χ2n) is 6.18. The Bertz CT molecular complexity index is 626. The summed E-state index contributed by atoms with van der Waals surface area (Å²) in [6.45, 7) is 7.66. The van der Waals surface area contributed by atoms with Gasteiger partial charge in [-0.05, 0) is 32.4 Å². The van der Waals surface area contributed by atoms with Crippen LogP contribution in [-0.2, 0) is 13.1 Å². The normalized spacial score (nSPS) is 11.6. The Morgan fingerprint density at radius 3 is 2.62 bits per heavy atom. The van der Waals surface area contributed by atoms with Crippen LogP contribution in [-0.4, -0.2) is 15.0 Å². The number of para-hydroxylation sites is 1. The molecule has 0 aliphatic rings. The number of nitrogens with zero attached hydrogens (tertiary/aromatic N) is 2. The van der Waals surface area contributed by atoms with E-state index in [1.54, 1.807) is 18.2 Å². The highest BCUT2D eigenvalue weighted by Crippen LogP contribution is 2.19. The average molecular weight is 287 g/mol. The van der Waals surface area contributed by atoms with Crippen molar-refractivity contribution in [2.75, 3.05) is 0 Å². The van der Waals surface area contributed by atoms with E-state index < -0.39 is 0 Å². The Morgan fingerprint density at radius 1 is 1.24 bits per heavy atom. The molecule has 1 aromatic heterocycles. The highest BCUT2D eigenvalue weighted by atomic mass is 16.6. The third-order valence-corrected chi connectivity index (χ3v) is 3.18. The van der Waals surface area contributed by atoms with Gasteiger partial charge in [-0.1, -0.05) is 18.2 Å². The molecule has 0 aliphatic carbocycles. The number of benzene rings is 1. The molecule has 0 aliphatic heterocycles. The van der Waals surface area contributed by atoms with Gasteiger partial charge in [-0.3, -0.25) is 10.1 Å². The quantitative estimate of drug-likeness (QED) is 0.677. The third kappa shape index (κ3) is 4.43. The van der Waals surface area contributed by atoms with Crippen molar-refractivity contribution in [1.82, 2.24) is 9.88 Å². The standard InChI is InChI=1S/C16H21N3O2/c1-16(2,3)17-10-13-8-9-18(11-13)12-14-6-4-5-7-15(14)19(20)21/h4-9,11,17H,10,12H2,1-3H3. The zero-order valence-corrected chi connectivity index (χ0v) is 12.7. The summed E-state index contributed by atoms with van der Waals surface area (Å²) in [4.78, 5) is 10.7. The highest BCUT2D eigenvalue weighted by molar-refractivity contribution is 5.40. The molecule has 2 rings (SSSR count). The van der Waals surface area contributed by atoms with Crippen molar-refractivity contribution in [3.8, 4) is 0 Å². The molecular formula is C16H21N3O2. The SMILES string of the molecule is CC(C)(C)NCc1ccn(Cc2ccccc2[N+](=O)[O-])c1. The smallest absolute Gasteiger partial charge is 0.274 e. The van der Waals surface area contributed by atoms with Crippen molar-refractivity contribution < 1.29 is 4.92 Å². The van der Waals surface area contributed by atoms with Crippen LogP contribution in [0.5, 0.6) is 0 Å². The molecule has 1 N–H and O–H groups in total. The summed E-state index contributed by atoms with van der Waals surface area (Å²) in [6.07, 6.45) is 3.98. The van der Waals surface area contributed by atoms with Crippen molar-refractivity contribution in [2.24, 2.45) is 0 Å². The second kappa shape index (κ2) is 6.10. The first-order chi connectivity index (χ1) is 9.85. The molecule has 2 aromatic rings. The van der Waals surface area contributed by atoms with Gasteiger partial charge in [0, 0.05) is 36.1 Å². The van der Waals surface area contributed by atoms with Crippen molar-refractivity contribution in [3.63, 3.8) is 0 Å². The molecule has 112 valence electrons. The predicted molar refractivity (Wildman–Crippen MR) is 83.2 cm³/mol. The molecule has 0 unspecified atom stereocenters. The van der Waals surface area contributed by atoms with Gasteiger partial charge in [0.05, 0.1) is 11.5 Å². The third-order valence-electron chi connectivity index (χ3n) is 3.18. The van der Waals surface area contributed by atoms with E-state index in [0.717, 1.165) is 6.54 Å². The summed E-state index contributed by atoms with van der Waals surface area (Å²) < 4.78 is 1.97. The van der Waals surface area contributed by atoms with Gasteiger partial charge in [0.1, 0.15) is 0 Å². The molecule has 0 amide bonds. The van der Waals surface area contributed by atoms with Gasteiger partial charge in [-0.25, -0.2) is 0 Å². The van der Waals surface area contributed by atoms with E-state index in [1.165, 1.54) is 5.56 Å². The minimum atomic E-state index is -0.332. The van der Waals surface area contributed by atoms with E-state index in [-0.39, 0.29) is 16.1 Å².